The first-order chi connectivity index (χ1) is 10.8. The number of rotatable bonds is 2. The molecule has 1 atom stereocenters. The second kappa shape index (κ2) is 4.98. The molecule has 0 radical (unpaired) electrons. The van der Waals surface area contributed by atoms with Gasteiger partial charge in [-0.3, -0.25) is 9.36 Å². The van der Waals surface area contributed by atoms with E-state index in [1.807, 2.05) is 49.4 Å². The molecular weight excluding hydrogens is 276 g/mol. The lowest BCUT2D eigenvalue weighted by atomic mass is 10.1. The summed E-state index contributed by atoms with van der Waals surface area (Å²) >= 11 is 0. The molecule has 4 nitrogen and oxygen atoms in total. The van der Waals surface area contributed by atoms with Gasteiger partial charge in [0.15, 0.2) is 0 Å². The number of hydrogen-bond donors (Lipinski definition) is 0. The van der Waals surface area contributed by atoms with E-state index in [1.165, 1.54) is 0 Å². The third-order valence-electron chi connectivity index (χ3n) is 4.28. The second-order valence-electron chi connectivity index (χ2n) is 5.54. The van der Waals surface area contributed by atoms with E-state index in [4.69, 9.17) is 4.74 Å². The first kappa shape index (κ1) is 13.1. The molecule has 0 saturated heterocycles. The summed E-state index contributed by atoms with van der Waals surface area (Å²) in [4.78, 5) is 17.4. The van der Waals surface area contributed by atoms with Crippen LogP contribution in [0.3, 0.4) is 0 Å². The first-order valence-electron chi connectivity index (χ1n) is 7.47. The van der Waals surface area contributed by atoms with E-state index in [2.05, 4.69) is 4.98 Å². The minimum atomic E-state index is -0.0722. The van der Waals surface area contributed by atoms with Gasteiger partial charge in [-0.1, -0.05) is 30.3 Å². The summed E-state index contributed by atoms with van der Waals surface area (Å²) in [5, 5.41) is 0.914. The van der Waals surface area contributed by atoms with Crippen LogP contribution in [0, 0.1) is 0 Å². The lowest BCUT2D eigenvalue weighted by Crippen LogP contribution is -2.27. The van der Waals surface area contributed by atoms with Gasteiger partial charge in [0.05, 0.1) is 23.6 Å². The average molecular weight is 292 g/mol. The van der Waals surface area contributed by atoms with Crippen molar-refractivity contribution < 1.29 is 4.74 Å². The molecule has 0 bridgehead atoms. The van der Waals surface area contributed by atoms with Crippen molar-refractivity contribution in [3.05, 3.63) is 70.1 Å². The third-order valence-corrected chi connectivity index (χ3v) is 4.28. The lowest BCUT2D eigenvalue weighted by molar-refractivity contribution is 0.360. The number of ether oxygens (including phenoxy) is 1. The average Bonchev–Trinajstić information content (AvgIpc) is 3.06. The van der Waals surface area contributed by atoms with Crippen molar-refractivity contribution >= 4 is 11.0 Å². The summed E-state index contributed by atoms with van der Waals surface area (Å²) in [5.74, 6) is 0.713. The predicted molar refractivity (Wildman–Crippen MR) is 85.5 cm³/mol. The zero-order valence-electron chi connectivity index (χ0n) is 12.3. The minimum absolute atomic E-state index is 0.00931. The Hall–Kier alpha value is -2.62. The molecule has 0 N–H and O–H groups in total. The number of pyridine rings is 2. The van der Waals surface area contributed by atoms with Crippen LogP contribution in [0.25, 0.3) is 11.0 Å². The maximum atomic E-state index is 12.9. The Bertz CT molecular complexity index is 900. The Morgan fingerprint density at radius 3 is 2.82 bits per heavy atom. The largest absolute Gasteiger partial charge is 0.492 e. The van der Waals surface area contributed by atoms with Gasteiger partial charge < -0.3 is 4.74 Å². The van der Waals surface area contributed by atoms with Crippen LogP contribution < -0.4 is 10.3 Å². The molecule has 3 heterocycles. The number of nitrogens with zero attached hydrogens (tertiary/aromatic N) is 2. The Morgan fingerprint density at radius 2 is 2.00 bits per heavy atom. The van der Waals surface area contributed by atoms with Crippen LogP contribution in [0.5, 0.6) is 5.75 Å². The van der Waals surface area contributed by atoms with Gasteiger partial charge in [0.25, 0.3) is 5.56 Å². The van der Waals surface area contributed by atoms with Crippen LogP contribution in [0.2, 0.25) is 0 Å². The smallest absolute Gasteiger partial charge is 0.259 e. The monoisotopic (exact) mass is 292 g/mol. The van der Waals surface area contributed by atoms with E-state index < -0.39 is 0 Å². The molecule has 4 rings (SSSR count). The van der Waals surface area contributed by atoms with Gasteiger partial charge in [-0.05, 0) is 24.6 Å². The highest BCUT2D eigenvalue weighted by atomic mass is 16.5. The molecule has 1 unspecified atom stereocenters. The SMILES string of the molecule is CC(c1ccccc1)n1c(=O)c2c(c3cccnc31)OCC2. The van der Waals surface area contributed by atoms with Crippen molar-refractivity contribution in [3.8, 4) is 5.75 Å². The van der Waals surface area contributed by atoms with Crippen LogP contribution in [0.15, 0.2) is 53.5 Å². The van der Waals surface area contributed by atoms with Gasteiger partial charge >= 0.3 is 0 Å². The Balaban J connectivity index is 2.04. The molecule has 3 aromatic rings. The molecule has 1 aromatic carbocycles. The van der Waals surface area contributed by atoms with Gasteiger partial charge in [-0.25, -0.2) is 4.98 Å². The van der Waals surface area contributed by atoms with E-state index in [1.54, 1.807) is 10.8 Å². The molecule has 1 aliphatic heterocycles. The van der Waals surface area contributed by atoms with Crippen molar-refractivity contribution in [1.29, 1.82) is 0 Å². The summed E-state index contributed by atoms with van der Waals surface area (Å²) in [6.07, 6.45) is 2.39. The quantitative estimate of drug-likeness (QED) is 0.729. The van der Waals surface area contributed by atoms with Crippen LogP contribution in [0.4, 0.5) is 0 Å². The van der Waals surface area contributed by atoms with Gasteiger partial charge in [-0.15, -0.1) is 0 Å². The topological polar surface area (TPSA) is 44.1 Å². The fourth-order valence-electron chi connectivity index (χ4n) is 3.15. The molecule has 22 heavy (non-hydrogen) atoms. The lowest BCUT2D eigenvalue weighted by Gasteiger charge is -2.19. The fraction of sp³-hybridized carbons (Fsp3) is 0.222. The molecule has 110 valence electrons. The normalized spacial score (nSPS) is 14.6. The number of benzene rings is 1. The second-order valence-corrected chi connectivity index (χ2v) is 5.54. The third kappa shape index (κ3) is 1.84. The number of hydrogen-bond acceptors (Lipinski definition) is 3. The summed E-state index contributed by atoms with van der Waals surface area (Å²) < 4.78 is 7.47. The van der Waals surface area contributed by atoms with Crippen molar-refractivity contribution in [2.75, 3.05) is 6.61 Å². The molecule has 0 spiro atoms. The molecule has 4 heteroatoms. The Morgan fingerprint density at radius 1 is 1.18 bits per heavy atom. The molecule has 0 amide bonds. The van der Waals surface area contributed by atoms with E-state index in [-0.39, 0.29) is 11.6 Å². The molecule has 0 saturated carbocycles. The molecule has 0 aliphatic carbocycles. The highest BCUT2D eigenvalue weighted by Crippen LogP contribution is 2.32. The first-order valence-corrected chi connectivity index (χ1v) is 7.47. The van der Waals surface area contributed by atoms with Crippen LogP contribution >= 0.6 is 0 Å². The van der Waals surface area contributed by atoms with Crippen LogP contribution in [0.1, 0.15) is 24.1 Å². The zero-order chi connectivity index (χ0) is 15.1. The van der Waals surface area contributed by atoms with E-state index in [9.17, 15) is 4.79 Å². The summed E-state index contributed by atoms with van der Waals surface area (Å²) in [5.41, 5.74) is 2.55. The Labute approximate surface area is 128 Å². The van der Waals surface area contributed by atoms with Crippen molar-refractivity contribution in [1.82, 2.24) is 9.55 Å². The highest BCUT2D eigenvalue weighted by Gasteiger charge is 2.25. The van der Waals surface area contributed by atoms with Crippen LogP contribution in [-0.4, -0.2) is 16.2 Å². The summed E-state index contributed by atoms with van der Waals surface area (Å²) in [6, 6.07) is 13.8. The van der Waals surface area contributed by atoms with Gasteiger partial charge in [-0.2, -0.15) is 0 Å². The molecule has 2 aromatic heterocycles. The van der Waals surface area contributed by atoms with Crippen LogP contribution in [-0.2, 0) is 6.42 Å². The number of aromatic nitrogens is 2. The minimum Gasteiger partial charge on any atom is -0.492 e. The van der Waals surface area contributed by atoms with E-state index >= 15 is 0 Å². The van der Waals surface area contributed by atoms with Gasteiger partial charge in [0, 0.05) is 12.6 Å². The van der Waals surface area contributed by atoms with Crippen molar-refractivity contribution in [2.45, 2.75) is 19.4 Å². The maximum absolute atomic E-state index is 12.9. The predicted octanol–water partition coefficient (Wildman–Crippen LogP) is 2.94. The van der Waals surface area contributed by atoms with Crippen molar-refractivity contribution in [3.63, 3.8) is 0 Å². The molecule has 1 aliphatic rings. The van der Waals surface area contributed by atoms with E-state index in [0.717, 1.165) is 16.5 Å². The molecule has 0 fully saturated rings. The standard InChI is InChI=1S/C18H16N2O2/c1-12(13-6-3-2-4-7-13)20-17-14(8-5-10-19-17)16-15(18(20)21)9-11-22-16/h2-8,10,12H,9,11H2,1H3. The maximum Gasteiger partial charge on any atom is 0.259 e. The van der Waals surface area contributed by atoms with Gasteiger partial charge in [0.1, 0.15) is 11.4 Å². The molecular formula is C18H16N2O2. The van der Waals surface area contributed by atoms with E-state index in [0.29, 0.717) is 24.4 Å². The fourth-order valence-corrected chi connectivity index (χ4v) is 3.15. The summed E-state index contributed by atoms with van der Waals surface area (Å²) in [6.45, 7) is 2.60. The number of fused-ring (bicyclic) bond motifs is 3. The van der Waals surface area contributed by atoms with Crippen molar-refractivity contribution in [2.24, 2.45) is 0 Å². The zero-order valence-corrected chi connectivity index (χ0v) is 12.3. The van der Waals surface area contributed by atoms with Gasteiger partial charge in [0.2, 0.25) is 0 Å². The summed E-state index contributed by atoms with van der Waals surface area (Å²) in [7, 11) is 0. The Kier molecular flexibility index (Phi) is 2.96. The highest BCUT2D eigenvalue weighted by molar-refractivity contribution is 5.84.